The summed E-state index contributed by atoms with van der Waals surface area (Å²) < 4.78 is 10.5. The Balaban J connectivity index is 2.12. The highest BCUT2D eigenvalue weighted by molar-refractivity contribution is 6.30. The summed E-state index contributed by atoms with van der Waals surface area (Å²) in [6.07, 6.45) is 0. The molecule has 3 rings (SSSR count). The first-order valence-corrected chi connectivity index (χ1v) is 9.46. The Morgan fingerprint density at radius 1 is 1.10 bits per heavy atom. The number of aromatic nitrogens is 1. The van der Waals surface area contributed by atoms with Gasteiger partial charge in [0.1, 0.15) is 11.6 Å². The number of nitrogens with zero attached hydrogens (tertiary/aromatic N) is 2. The Morgan fingerprint density at radius 2 is 1.76 bits per heavy atom. The fraction of sp³-hybridized carbons (Fsp3) is 0.174. The number of benzene rings is 2. The fourth-order valence-corrected chi connectivity index (χ4v) is 2.92. The minimum absolute atomic E-state index is 0.0866. The standard InChI is InChI=1S/C23H19ClN2O3/c1-3-28-22(27)14-29-23-20(13-25)19(16-6-4-15(2)5-7-16)12-21(26-23)17-8-10-18(24)11-9-17/h4-12H,3,14H2,1-2H3. The van der Waals surface area contributed by atoms with Crippen molar-refractivity contribution >= 4 is 17.6 Å². The van der Waals surface area contributed by atoms with Gasteiger partial charge < -0.3 is 9.47 Å². The van der Waals surface area contributed by atoms with Crippen LogP contribution in [-0.4, -0.2) is 24.2 Å². The van der Waals surface area contributed by atoms with E-state index in [1.807, 2.05) is 49.4 Å². The predicted molar refractivity (Wildman–Crippen MR) is 112 cm³/mol. The Kier molecular flexibility index (Phi) is 6.48. The Hall–Kier alpha value is -3.36. The topological polar surface area (TPSA) is 72.2 Å². The molecule has 0 aliphatic rings. The van der Waals surface area contributed by atoms with Crippen LogP contribution in [0.15, 0.2) is 54.6 Å². The molecule has 0 aliphatic carbocycles. The zero-order chi connectivity index (χ0) is 20.8. The summed E-state index contributed by atoms with van der Waals surface area (Å²) in [5.74, 6) is -0.435. The number of esters is 1. The average Bonchev–Trinajstić information content (AvgIpc) is 2.73. The SMILES string of the molecule is CCOC(=O)COc1nc(-c2ccc(Cl)cc2)cc(-c2ccc(C)cc2)c1C#N. The van der Waals surface area contributed by atoms with Gasteiger partial charge in [0, 0.05) is 16.1 Å². The van der Waals surface area contributed by atoms with Gasteiger partial charge in [-0.2, -0.15) is 5.26 Å². The summed E-state index contributed by atoms with van der Waals surface area (Å²) in [5.41, 5.74) is 4.31. The van der Waals surface area contributed by atoms with Gasteiger partial charge in [0.2, 0.25) is 5.88 Å². The van der Waals surface area contributed by atoms with Crippen LogP contribution in [0.4, 0.5) is 0 Å². The molecule has 0 fully saturated rings. The van der Waals surface area contributed by atoms with Gasteiger partial charge in [-0.05, 0) is 37.6 Å². The molecule has 0 saturated heterocycles. The van der Waals surface area contributed by atoms with Crippen LogP contribution < -0.4 is 4.74 Å². The molecule has 0 aliphatic heterocycles. The van der Waals surface area contributed by atoms with Crippen LogP contribution in [0.25, 0.3) is 22.4 Å². The summed E-state index contributed by atoms with van der Waals surface area (Å²) in [4.78, 5) is 16.2. The van der Waals surface area contributed by atoms with Crippen LogP contribution in [-0.2, 0) is 9.53 Å². The molecule has 2 aromatic carbocycles. The second-order valence-electron chi connectivity index (χ2n) is 6.31. The van der Waals surface area contributed by atoms with Crippen LogP contribution in [0, 0.1) is 18.3 Å². The first-order chi connectivity index (χ1) is 14.0. The van der Waals surface area contributed by atoms with Gasteiger partial charge in [0.15, 0.2) is 6.61 Å². The van der Waals surface area contributed by atoms with Crippen molar-refractivity contribution in [2.45, 2.75) is 13.8 Å². The van der Waals surface area contributed by atoms with Gasteiger partial charge in [0.25, 0.3) is 0 Å². The van der Waals surface area contributed by atoms with Gasteiger partial charge >= 0.3 is 5.97 Å². The molecule has 0 bridgehead atoms. The Morgan fingerprint density at radius 3 is 2.38 bits per heavy atom. The molecule has 0 atom stereocenters. The number of hydrogen-bond acceptors (Lipinski definition) is 5. The molecule has 0 amide bonds. The van der Waals surface area contributed by atoms with E-state index in [9.17, 15) is 10.1 Å². The highest BCUT2D eigenvalue weighted by Crippen LogP contribution is 2.34. The molecular formula is C23H19ClN2O3. The van der Waals surface area contributed by atoms with Crippen molar-refractivity contribution in [2.75, 3.05) is 13.2 Å². The normalized spacial score (nSPS) is 10.3. The van der Waals surface area contributed by atoms with Gasteiger partial charge in [-0.3, -0.25) is 0 Å². The van der Waals surface area contributed by atoms with Crippen molar-refractivity contribution in [2.24, 2.45) is 0 Å². The van der Waals surface area contributed by atoms with Crippen LogP contribution in [0.2, 0.25) is 5.02 Å². The molecule has 0 spiro atoms. The maximum absolute atomic E-state index is 11.7. The summed E-state index contributed by atoms with van der Waals surface area (Å²) in [7, 11) is 0. The number of rotatable bonds is 6. The predicted octanol–water partition coefficient (Wildman–Crippen LogP) is 5.19. The third-order valence-corrected chi connectivity index (χ3v) is 4.48. The monoisotopic (exact) mass is 406 g/mol. The van der Waals surface area contributed by atoms with Crippen LogP contribution >= 0.6 is 11.6 Å². The van der Waals surface area contributed by atoms with E-state index in [2.05, 4.69) is 11.1 Å². The first-order valence-electron chi connectivity index (χ1n) is 9.08. The first kappa shape index (κ1) is 20.4. The molecule has 5 nitrogen and oxygen atoms in total. The number of carbonyl (C=O) groups excluding carboxylic acids is 1. The van der Waals surface area contributed by atoms with E-state index in [0.717, 1.165) is 16.7 Å². The van der Waals surface area contributed by atoms with Crippen molar-refractivity contribution in [1.29, 1.82) is 5.26 Å². The third-order valence-electron chi connectivity index (χ3n) is 4.23. The molecule has 0 unspecified atom stereocenters. The van der Waals surface area contributed by atoms with Gasteiger partial charge in [-0.1, -0.05) is 53.6 Å². The number of pyridine rings is 1. The van der Waals surface area contributed by atoms with E-state index in [1.54, 1.807) is 19.1 Å². The van der Waals surface area contributed by atoms with E-state index in [4.69, 9.17) is 21.1 Å². The third kappa shape index (κ3) is 4.92. The van der Waals surface area contributed by atoms with Crippen molar-refractivity contribution in [1.82, 2.24) is 4.98 Å². The van der Waals surface area contributed by atoms with Gasteiger partial charge in [-0.15, -0.1) is 0 Å². The number of ether oxygens (including phenoxy) is 2. The quantitative estimate of drug-likeness (QED) is 0.526. The van der Waals surface area contributed by atoms with Gasteiger partial charge in [0.05, 0.1) is 12.3 Å². The van der Waals surface area contributed by atoms with Crippen molar-refractivity contribution in [3.05, 3.63) is 70.7 Å². The van der Waals surface area contributed by atoms with Gasteiger partial charge in [-0.25, -0.2) is 9.78 Å². The Bertz CT molecular complexity index is 1060. The molecule has 0 radical (unpaired) electrons. The lowest BCUT2D eigenvalue weighted by Gasteiger charge is -2.13. The lowest BCUT2D eigenvalue weighted by Crippen LogP contribution is -2.16. The maximum Gasteiger partial charge on any atom is 0.344 e. The summed E-state index contributed by atoms with van der Waals surface area (Å²) in [6.45, 7) is 3.63. The lowest BCUT2D eigenvalue weighted by atomic mass is 9.98. The second-order valence-corrected chi connectivity index (χ2v) is 6.75. The highest BCUT2D eigenvalue weighted by Gasteiger charge is 2.18. The number of aryl methyl sites for hydroxylation is 1. The van der Waals surface area contributed by atoms with Crippen LogP contribution in [0.3, 0.4) is 0 Å². The number of hydrogen-bond donors (Lipinski definition) is 0. The Labute approximate surface area is 174 Å². The molecule has 1 heterocycles. The maximum atomic E-state index is 11.7. The molecule has 1 aromatic heterocycles. The summed E-state index contributed by atoms with van der Waals surface area (Å²) in [6, 6.07) is 19.0. The van der Waals surface area contributed by atoms with E-state index in [-0.39, 0.29) is 24.7 Å². The molecule has 0 N–H and O–H groups in total. The zero-order valence-corrected chi connectivity index (χ0v) is 16.9. The minimum atomic E-state index is -0.521. The zero-order valence-electron chi connectivity index (χ0n) is 16.1. The molecule has 3 aromatic rings. The molecule has 0 saturated carbocycles. The van der Waals surface area contributed by atoms with E-state index in [1.165, 1.54) is 0 Å². The number of nitriles is 1. The van der Waals surface area contributed by atoms with E-state index < -0.39 is 5.97 Å². The lowest BCUT2D eigenvalue weighted by molar-refractivity contribution is -0.145. The van der Waals surface area contributed by atoms with Crippen molar-refractivity contribution in [3.8, 4) is 34.3 Å². The average molecular weight is 407 g/mol. The van der Waals surface area contributed by atoms with Crippen molar-refractivity contribution < 1.29 is 14.3 Å². The fourth-order valence-electron chi connectivity index (χ4n) is 2.79. The largest absolute Gasteiger partial charge is 0.465 e. The van der Waals surface area contributed by atoms with Crippen LogP contribution in [0.5, 0.6) is 5.88 Å². The van der Waals surface area contributed by atoms with E-state index >= 15 is 0 Å². The van der Waals surface area contributed by atoms with Crippen molar-refractivity contribution in [3.63, 3.8) is 0 Å². The molecular weight excluding hydrogens is 388 g/mol. The van der Waals surface area contributed by atoms with Crippen LogP contribution in [0.1, 0.15) is 18.1 Å². The van der Waals surface area contributed by atoms with E-state index in [0.29, 0.717) is 16.3 Å². The molecule has 6 heteroatoms. The molecule has 29 heavy (non-hydrogen) atoms. The smallest absolute Gasteiger partial charge is 0.344 e. The molecule has 146 valence electrons. The highest BCUT2D eigenvalue weighted by atomic mass is 35.5. The summed E-state index contributed by atoms with van der Waals surface area (Å²) >= 11 is 5.99. The minimum Gasteiger partial charge on any atom is -0.465 e. The second kappa shape index (κ2) is 9.22. The number of carbonyl (C=O) groups is 1. The number of halogens is 1. The summed E-state index contributed by atoms with van der Waals surface area (Å²) in [5, 5.41) is 10.4.